The van der Waals surface area contributed by atoms with Crippen molar-refractivity contribution in [2.24, 2.45) is 5.92 Å². The van der Waals surface area contributed by atoms with Gasteiger partial charge in [0.25, 0.3) is 5.91 Å². The number of amides is 3. The quantitative estimate of drug-likeness (QED) is 0.115. The summed E-state index contributed by atoms with van der Waals surface area (Å²) in [6.45, 7) is 7.49. The molecular formula is C38H60N8O7S2. The highest BCUT2D eigenvalue weighted by atomic mass is 32.2. The number of aliphatic hydroxyl groups excluding tert-OH is 3. The van der Waals surface area contributed by atoms with E-state index in [0.29, 0.717) is 31.6 Å². The first-order chi connectivity index (χ1) is 26.3. The number of hydrogen-bond acceptors (Lipinski definition) is 13. The highest BCUT2D eigenvalue weighted by molar-refractivity contribution is 8.18. The number of nitrogens with one attached hydrogen (secondary N) is 5. The number of alkyl carbamates (subject to hydrolysis) is 1. The molecule has 15 nitrogen and oxygen atoms in total. The zero-order chi connectivity index (χ0) is 39.6. The average Bonchev–Trinajstić information content (AvgIpc) is 3.84. The predicted octanol–water partition coefficient (Wildman–Crippen LogP) is 3.00. The number of benzene rings is 1. The van der Waals surface area contributed by atoms with Gasteiger partial charge in [0, 0.05) is 6.54 Å². The number of ether oxygens (including phenoxy) is 1. The molecule has 3 amide bonds. The van der Waals surface area contributed by atoms with E-state index in [4.69, 9.17) is 4.74 Å². The van der Waals surface area contributed by atoms with Crippen LogP contribution in [0.5, 0.6) is 0 Å². The van der Waals surface area contributed by atoms with E-state index in [9.17, 15) is 29.7 Å². The van der Waals surface area contributed by atoms with E-state index in [2.05, 4.69) is 36.4 Å². The number of carbonyl (C=O) groups is 3. The number of aromatic nitrogens is 3. The van der Waals surface area contributed by atoms with E-state index in [1.54, 1.807) is 44.3 Å². The van der Waals surface area contributed by atoms with E-state index >= 15 is 0 Å². The molecule has 17 heteroatoms. The molecule has 7 atom stereocenters. The minimum atomic E-state index is -1.61. The number of H-pyrrole nitrogens is 1. The summed E-state index contributed by atoms with van der Waals surface area (Å²) in [5.74, 6) is 1.22. The lowest BCUT2D eigenvalue weighted by atomic mass is 9.83. The Balaban J connectivity index is 1.27. The predicted molar refractivity (Wildman–Crippen MR) is 213 cm³/mol. The Labute approximate surface area is 332 Å². The van der Waals surface area contributed by atoms with Crippen LogP contribution in [0.3, 0.4) is 0 Å². The van der Waals surface area contributed by atoms with Crippen molar-refractivity contribution in [3.63, 3.8) is 0 Å². The van der Waals surface area contributed by atoms with Crippen molar-refractivity contribution in [3.8, 4) is 0 Å². The van der Waals surface area contributed by atoms with Crippen LogP contribution in [0.2, 0.25) is 0 Å². The van der Waals surface area contributed by atoms with Gasteiger partial charge in [0.1, 0.15) is 30.2 Å². The number of nitrogens with zero attached hydrogens (tertiary/aromatic N) is 3. The van der Waals surface area contributed by atoms with Crippen LogP contribution in [-0.2, 0) is 14.3 Å². The van der Waals surface area contributed by atoms with Gasteiger partial charge in [0.05, 0.1) is 34.8 Å². The van der Waals surface area contributed by atoms with Gasteiger partial charge in [-0.25, -0.2) is 9.78 Å². The molecular weight excluding hydrogens is 745 g/mol. The molecule has 5 unspecified atom stereocenters. The molecule has 1 aliphatic carbocycles. The first kappa shape index (κ1) is 43.2. The van der Waals surface area contributed by atoms with Gasteiger partial charge < -0.3 is 36.0 Å². The summed E-state index contributed by atoms with van der Waals surface area (Å²) in [5, 5.41) is 52.7. The second-order valence-corrected chi connectivity index (χ2v) is 19.0. The number of rotatable bonds is 16. The minimum Gasteiger partial charge on any atom is -0.444 e. The molecule has 55 heavy (non-hydrogen) atoms. The highest BCUT2D eigenvalue weighted by Crippen LogP contribution is 2.51. The smallest absolute Gasteiger partial charge is 0.408 e. The Morgan fingerprint density at radius 2 is 1.75 bits per heavy atom. The van der Waals surface area contributed by atoms with Crippen LogP contribution >= 0.6 is 23.5 Å². The van der Waals surface area contributed by atoms with Gasteiger partial charge in [-0.15, -0.1) is 23.5 Å². The highest BCUT2D eigenvalue weighted by Gasteiger charge is 2.53. The second-order valence-electron chi connectivity index (χ2n) is 15.8. The van der Waals surface area contributed by atoms with E-state index in [0.717, 1.165) is 55.6 Å². The lowest BCUT2D eigenvalue weighted by molar-refractivity contribution is -0.136. The minimum absolute atomic E-state index is 0.00473. The molecule has 3 heterocycles. The summed E-state index contributed by atoms with van der Waals surface area (Å²) in [5.41, 5.74) is 0.0962. The third-order valence-electron chi connectivity index (χ3n) is 10.4. The van der Waals surface area contributed by atoms with Gasteiger partial charge in [0.15, 0.2) is 6.10 Å². The summed E-state index contributed by atoms with van der Waals surface area (Å²) >= 11 is 3.60. The standard InChI is InChI=1S/C38H60N8O7S2/c1-5-13-26(31(48)34(50)39-21-28(47)43-29(32-40-23-41-45-32)24-14-8-6-9-15-24)42-33(49)27-20-38(54-18-12-19-55-38)22-46(27)35(51)30(25-16-10-7-11-17-25)44-36(52)53-37(2,3)4/h6,8-9,14-15,23,25-31,35,43,47-48,51H,5,7,10-13,16-22H2,1-4H3,(H,39,50)(H,42,49)(H,44,52)(H,40,41,45)/t26?,27?,28-,29?,30?,31?,35-/m1/s1. The van der Waals surface area contributed by atoms with Crippen molar-refractivity contribution >= 4 is 41.4 Å². The van der Waals surface area contributed by atoms with Gasteiger partial charge in [-0.3, -0.25) is 24.9 Å². The molecule has 306 valence electrons. The normalized spacial score (nSPS) is 22.6. The van der Waals surface area contributed by atoms with Crippen LogP contribution < -0.4 is 21.3 Å². The maximum atomic E-state index is 14.3. The molecule has 3 aliphatic rings. The topological polar surface area (TPSA) is 214 Å². The summed E-state index contributed by atoms with van der Waals surface area (Å²) < 4.78 is 5.29. The third-order valence-corrected chi connectivity index (χ3v) is 13.7. The van der Waals surface area contributed by atoms with Crippen molar-refractivity contribution < 1.29 is 34.4 Å². The molecule has 0 radical (unpaired) electrons. The molecule has 5 rings (SSSR count). The number of carbonyl (C=O) groups excluding carboxylic acids is 3. The van der Waals surface area contributed by atoms with Crippen LogP contribution in [0.25, 0.3) is 0 Å². The van der Waals surface area contributed by atoms with Gasteiger partial charge >= 0.3 is 6.09 Å². The van der Waals surface area contributed by atoms with E-state index in [-0.39, 0.29) is 16.5 Å². The molecule has 1 aromatic heterocycles. The first-order valence-electron chi connectivity index (χ1n) is 19.6. The molecule has 0 bridgehead atoms. The summed E-state index contributed by atoms with van der Waals surface area (Å²) in [6.07, 6.45) is 3.94. The third kappa shape index (κ3) is 12.0. The van der Waals surface area contributed by atoms with Crippen LogP contribution in [0.4, 0.5) is 4.79 Å². The van der Waals surface area contributed by atoms with E-state index in [1.165, 1.54) is 6.33 Å². The van der Waals surface area contributed by atoms with Crippen LogP contribution in [0.1, 0.15) is 103 Å². The first-order valence-corrected chi connectivity index (χ1v) is 21.6. The number of aromatic amines is 1. The molecule has 1 saturated carbocycles. The number of thioether (sulfide) groups is 2. The molecule has 1 aromatic carbocycles. The van der Waals surface area contributed by atoms with Gasteiger partial charge in [-0.2, -0.15) is 5.10 Å². The lowest BCUT2D eigenvalue weighted by Gasteiger charge is -2.40. The molecule has 2 aliphatic heterocycles. The average molecular weight is 805 g/mol. The molecule has 3 fully saturated rings. The number of aliphatic hydroxyl groups is 3. The van der Waals surface area contributed by atoms with E-state index in [1.807, 2.05) is 42.2 Å². The zero-order valence-electron chi connectivity index (χ0n) is 32.4. The largest absolute Gasteiger partial charge is 0.444 e. The van der Waals surface area contributed by atoms with E-state index < -0.39 is 66.2 Å². The molecule has 8 N–H and O–H groups in total. The van der Waals surface area contributed by atoms with Crippen molar-refractivity contribution in [2.75, 3.05) is 24.6 Å². The van der Waals surface area contributed by atoms with Crippen molar-refractivity contribution in [1.82, 2.24) is 41.3 Å². The summed E-state index contributed by atoms with van der Waals surface area (Å²) in [7, 11) is 0. The van der Waals surface area contributed by atoms with Gasteiger partial charge in [-0.05, 0) is 75.9 Å². The fourth-order valence-electron chi connectivity index (χ4n) is 7.76. The maximum absolute atomic E-state index is 14.3. The van der Waals surface area contributed by atoms with Crippen LogP contribution in [0.15, 0.2) is 36.7 Å². The fraction of sp³-hybridized carbons (Fsp3) is 0.711. The Hall–Kier alpha value is -2.93. The molecule has 2 saturated heterocycles. The monoisotopic (exact) mass is 804 g/mol. The Morgan fingerprint density at radius 3 is 2.38 bits per heavy atom. The van der Waals surface area contributed by atoms with Crippen molar-refractivity contribution in [3.05, 3.63) is 48.0 Å². The Bertz CT molecular complexity index is 1510. The van der Waals surface area contributed by atoms with Crippen LogP contribution in [0, 0.1) is 5.92 Å². The molecule has 2 aromatic rings. The van der Waals surface area contributed by atoms with Crippen molar-refractivity contribution in [1.29, 1.82) is 0 Å². The summed E-state index contributed by atoms with van der Waals surface area (Å²) in [4.78, 5) is 46.8. The second kappa shape index (κ2) is 20.0. The fourth-order valence-corrected chi connectivity index (χ4v) is 11.1. The van der Waals surface area contributed by atoms with Gasteiger partial charge in [0.2, 0.25) is 5.91 Å². The number of likely N-dealkylation sites (tertiary alicyclic amines) is 1. The number of hydrogen-bond donors (Lipinski definition) is 8. The lowest BCUT2D eigenvalue weighted by Crippen LogP contribution is -2.60. The molecule has 1 spiro atoms. The van der Waals surface area contributed by atoms with Gasteiger partial charge in [-0.1, -0.05) is 62.9 Å². The maximum Gasteiger partial charge on any atom is 0.408 e. The van der Waals surface area contributed by atoms with Crippen LogP contribution in [-0.4, -0.2) is 124 Å². The van der Waals surface area contributed by atoms with Crippen molar-refractivity contribution in [2.45, 2.75) is 138 Å². The zero-order valence-corrected chi connectivity index (χ0v) is 34.0. The Kier molecular flexibility index (Phi) is 15.7. The summed E-state index contributed by atoms with van der Waals surface area (Å²) in [6, 6.07) is 6.45. The Morgan fingerprint density at radius 1 is 1.04 bits per heavy atom. The SMILES string of the molecule is CCCC(NC(=O)C1CC2(CN1[C@H](O)C(NC(=O)OC(C)(C)C)C1CCCCC1)SCCCS2)C(O)C(=O)NC[C@@H](O)NC(c1ccccc1)c1ncn[nH]1.